The molecule has 0 aromatic carbocycles. The molecule has 48 heavy (non-hydrogen) atoms. The molecule has 3 atom stereocenters. The third-order valence-corrected chi connectivity index (χ3v) is 7.06. The standard InChI is InChI=1S/C37H57O10P/c1-3-5-7-9-11-13-15-17-19-21-23-25-27-29-37(41)47-35(33-46-48(42,43)45-31-34(39)30-38)32-44-36(40)28-26-24-22-20-18-16-14-12-10-8-6-4-2/h5-9,11-15,17-21,23,34-35,38-39H,3-4,10,16,22,24-33H2,1-2H3,(H,42,43)/b7-5+,8-6+,11-9+,14-12+,15-13+,19-17+,20-18+,23-21+/t34-,35?/m0/s1. The molecule has 0 aromatic rings. The Balaban J connectivity index is 4.67. The average Bonchev–Trinajstić information content (AvgIpc) is 3.07. The topological polar surface area (TPSA) is 149 Å². The van der Waals surface area contributed by atoms with E-state index in [1.165, 1.54) is 0 Å². The molecule has 0 heterocycles. The quantitative estimate of drug-likeness (QED) is 0.0234. The smallest absolute Gasteiger partial charge is 0.462 e. The van der Waals surface area contributed by atoms with E-state index in [4.69, 9.17) is 19.1 Å². The third kappa shape index (κ3) is 31.5. The van der Waals surface area contributed by atoms with Crippen LogP contribution in [-0.2, 0) is 32.7 Å². The molecular formula is C37H57O10P. The van der Waals surface area contributed by atoms with Crippen LogP contribution >= 0.6 is 7.82 Å². The molecule has 0 aliphatic heterocycles. The molecule has 0 saturated carbocycles. The number of rotatable bonds is 29. The second-order valence-corrected chi connectivity index (χ2v) is 12.0. The molecule has 0 spiro atoms. The molecule has 2 unspecified atom stereocenters. The van der Waals surface area contributed by atoms with Crippen LogP contribution in [0.3, 0.4) is 0 Å². The fraction of sp³-hybridized carbons (Fsp3) is 0.514. The summed E-state index contributed by atoms with van der Waals surface area (Å²) in [6, 6.07) is 0. The van der Waals surface area contributed by atoms with Crippen LogP contribution in [0.5, 0.6) is 0 Å². The van der Waals surface area contributed by atoms with Crippen molar-refractivity contribution in [2.45, 2.75) is 96.7 Å². The van der Waals surface area contributed by atoms with Gasteiger partial charge in [0.15, 0.2) is 6.10 Å². The number of hydrogen-bond acceptors (Lipinski definition) is 9. The highest BCUT2D eigenvalue weighted by atomic mass is 31.2. The Bertz CT molecular complexity index is 1120. The second kappa shape index (κ2) is 32.4. The maximum Gasteiger partial charge on any atom is 0.472 e. The number of esters is 2. The minimum absolute atomic E-state index is 0.0731. The van der Waals surface area contributed by atoms with Crippen LogP contribution in [0.15, 0.2) is 97.2 Å². The number of phosphoric acid groups is 1. The van der Waals surface area contributed by atoms with Crippen molar-refractivity contribution in [1.29, 1.82) is 0 Å². The minimum Gasteiger partial charge on any atom is -0.462 e. The molecule has 0 aliphatic rings. The van der Waals surface area contributed by atoms with Gasteiger partial charge in [0, 0.05) is 12.8 Å². The van der Waals surface area contributed by atoms with Crippen molar-refractivity contribution in [2.24, 2.45) is 0 Å². The number of ether oxygens (including phenoxy) is 2. The predicted molar refractivity (Wildman–Crippen MR) is 191 cm³/mol. The number of carbonyl (C=O) groups excluding carboxylic acids is 2. The molecule has 10 nitrogen and oxygen atoms in total. The Hall–Kier alpha value is -3.11. The van der Waals surface area contributed by atoms with Gasteiger partial charge in [-0.15, -0.1) is 0 Å². The van der Waals surface area contributed by atoms with Gasteiger partial charge in [0.05, 0.1) is 19.8 Å². The van der Waals surface area contributed by atoms with Crippen LogP contribution < -0.4 is 0 Å². The van der Waals surface area contributed by atoms with E-state index < -0.39 is 51.8 Å². The highest BCUT2D eigenvalue weighted by Gasteiger charge is 2.27. The SMILES string of the molecule is CC/C=C/C=C/C=C/C=C/C=C/CCCC(=O)OC(COC(=O)CCCC/C=C/C/C=C/C/C=C/CC)COP(=O)(O)OC[C@@H](O)CO. The fourth-order valence-electron chi connectivity index (χ4n) is 3.56. The summed E-state index contributed by atoms with van der Waals surface area (Å²) in [4.78, 5) is 34.6. The molecule has 0 radical (unpaired) electrons. The first-order valence-corrected chi connectivity index (χ1v) is 18.3. The number of phosphoric ester groups is 1. The lowest BCUT2D eigenvalue weighted by atomic mass is 10.2. The Morgan fingerprint density at radius 1 is 0.646 bits per heavy atom. The lowest BCUT2D eigenvalue weighted by molar-refractivity contribution is -0.161. The van der Waals surface area contributed by atoms with E-state index in [1.54, 1.807) is 0 Å². The highest BCUT2D eigenvalue weighted by molar-refractivity contribution is 7.47. The van der Waals surface area contributed by atoms with Crippen LogP contribution in [0.4, 0.5) is 0 Å². The zero-order chi connectivity index (χ0) is 35.6. The first kappa shape index (κ1) is 44.9. The largest absolute Gasteiger partial charge is 0.472 e. The highest BCUT2D eigenvalue weighted by Crippen LogP contribution is 2.43. The Kier molecular flexibility index (Phi) is 30.3. The Morgan fingerprint density at radius 2 is 1.19 bits per heavy atom. The van der Waals surface area contributed by atoms with Gasteiger partial charge in [-0.05, 0) is 57.8 Å². The summed E-state index contributed by atoms with van der Waals surface area (Å²) in [5.41, 5.74) is 0. The summed E-state index contributed by atoms with van der Waals surface area (Å²) >= 11 is 0. The van der Waals surface area contributed by atoms with Gasteiger partial charge in [0.1, 0.15) is 12.7 Å². The molecule has 0 saturated heterocycles. The predicted octanol–water partition coefficient (Wildman–Crippen LogP) is 7.71. The maximum absolute atomic E-state index is 12.5. The summed E-state index contributed by atoms with van der Waals surface area (Å²) in [6.45, 7) is 1.92. The van der Waals surface area contributed by atoms with Crippen molar-refractivity contribution < 1.29 is 47.8 Å². The van der Waals surface area contributed by atoms with E-state index in [1.807, 2.05) is 54.7 Å². The number of hydrogen-bond donors (Lipinski definition) is 3. The molecule has 0 fully saturated rings. The summed E-state index contributed by atoms with van der Waals surface area (Å²) in [7, 11) is -4.64. The molecule has 3 N–H and O–H groups in total. The van der Waals surface area contributed by atoms with Gasteiger partial charge >= 0.3 is 19.8 Å². The molecule has 0 bridgehead atoms. The molecule has 0 aliphatic carbocycles. The zero-order valence-corrected chi connectivity index (χ0v) is 29.5. The normalized spacial score (nSPS) is 15.4. The van der Waals surface area contributed by atoms with Gasteiger partial charge in [-0.1, -0.05) is 111 Å². The van der Waals surface area contributed by atoms with Gasteiger partial charge in [0.2, 0.25) is 0 Å². The van der Waals surface area contributed by atoms with Crippen molar-refractivity contribution in [3.63, 3.8) is 0 Å². The van der Waals surface area contributed by atoms with Gasteiger partial charge in [-0.25, -0.2) is 4.57 Å². The van der Waals surface area contributed by atoms with E-state index >= 15 is 0 Å². The van der Waals surface area contributed by atoms with Crippen molar-refractivity contribution in [3.05, 3.63) is 97.2 Å². The van der Waals surface area contributed by atoms with Crippen molar-refractivity contribution in [3.8, 4) is 0 Å². The molecule has 0 aromatic heterocycles. The average molecular weight is 693 g/mol. The second-order valence-electron chi connectivity index (χ2n) is 10.5. The Morgan fingerprint density at radius 3 is 1.83 bits per heavy atom. The van der Waals surface area contributed by atoms with E-state index in [-0.39, 0.29) is 19.4 Å². The van der Waals surface area contributed by atoms with E-state index in [0.29, 0.717) is 19.3 Å². The zero-order valence-electron chi connectivity index (χ0n) is 28.6. The van der Waals surface area contributed by atoms with Gasteiger partial charge in [-0.3, -0.25) is 18.6 Å². The van der Waals surface area contributed by atoms with Gasteiger partial charge in [0.25, 0.3) is 0 Å². The van der Waals surface area contributed by atoms with Crippen LogP contribution in [0, 0.1) is 0 Å². The number of allylic oxidation sites excluding steroid dienone is 16. The third-order valence-electron chi connectivity index (χ3n) is 6.11. The Labute approximate surface area is 287 Å². The summed E-state index contributed by atoms with van der Waals surface area (Å²) in [5.74, 6) is -1.08. The molecule has 0 rings (SSSR count). The summed E-state index contributed by atoms with van der Waals surface area (Å²) in [6.07, 6.45) is 36.9. The number of unbranched alkanes of at least 4 members (excludes halogenated alkanes) is 3. The van der Waals surface area contributed by atoms with Gasteiger partial charge < -0.3 is 24.6 Å². The molecule has 270 valence electrons. The van der Waals surface area contributed by atoms with Crippen molar-refractivity contribution >= 4 is 19.8 Å². The van der Waals surface area contributed by atoms with Crippen LogP contribution in [0.2, 0.25) is 0 Å². The lowest BCUT2D eigenvalue weighted by Gasteiger charge is -2.20. The minimum atomic E-state index is -4.64. The van der Waals surface area contributed by atoms with Gasteiger partial charge in [-0.2, -0.15) is 0 Å². The first-order chi connectivity index (χ1) is 23.2. The number of carbonyl (C=O) groups is 2. The summed E-state index contributed by atoms with van der Waals surface area (Å²) in [5, 5.41) is 18.2. The summed E-state index contributed by atoms with van der Waals surface area (Å²) < 4.78 is 32.3. The van der Waals surface area contributed by atoms with E-state index in [2.05, 4.69) is 60.9 Å². The van der Waals surface area contributed by atoms with E-state index in [0.717, 1.165) is 38.5 Å². The monoisotopic (exact) mass is 692 g/mol. The van der Waals surface area contributed by atoms with Crippen LogP contribution in [0.1, 0.15) is 84.5 Å². The molecule has 0 amide bonds. The first-order valence-electron chi connectivity index (χ1n) is 16.8. The van der Waals surface area contributed by atoms with E-state index in [9.17, 15) is 24.2 Å². The fourth-order valence-corrected chi connectivity index (χ4v) is 4.35. The van der Waals surface area contributed by atoms with Crippen LogP contribution in [-0.4, -0.2) is 65.7 Å². The maximum atomic E-state index is 12.5. The van der Waals surface area contributed by atoms with Crippen molar-refractivity contribution in [1.82, 2.24) is 0 Å². The molecule has 11 heteroatoms. The molecular weight excluding hydrogens is 635 g/mol. The lowest BCUT2D eigenvalue weighted by Crippen LogP contribution is -2.29. The van der Waals surface area contributed by atoms with Crippen LogP contribution in [0.25, 0.3) is 0 Å². The van der Waals surface area contributed by atoms with Crippen molar-refractivity contribution in [2.75, 3.05) is 26.4 Å². The number of aliphatic hydroxyl groups excluding tert-OH is 2. The number of aliphatic hydroxyl groups is 2.